The van der Waals surface area contributed by atoms with Gasteiger partial charge in [0.15, 0.2) is 0 Å². The van der Waals surface area contributed by atoms with Crippen LogP contribution in [-0.2, 0) is 13.5 Å². The van der Waals surface area contributed by atoms with Gasteiger partial charge in [0.2, 0.25) is 0 Å². The van der Waals surface area contributed by atoms with Gasteiger partial charge in [0.1, 0.15) is 0 Å². The Morgan fingerprint density at radius 1 is 1.53 bits per heavy atom. The third kappa shape index (κ3) is 2.92. The summed E-state index contributed by atoms with van der Waals surface area (Å²) < 4.78 is 2.85. The molecule has 90 valence electrons. The number of pyridine rings is 1. The summed E-state index contributed by atoms with van der Waals surface area (Å²) in [5.74, 6) is 0. The summed E-state index contributed by atoms with van der Waals surface area (Å²) in [6.07, 6.45) is 6.61. The summed E-state index contributed by atoms with van der Waals surface area (Å²) in [5, 5.41) is 7.46. The molecule has 17 heavy (non-hydrogen) atoms. The zero-order valence-corrected chi connectivity index (χ0v) is 11.5. The molecule has 0 saturated heterocycles. The highest BCUT2D eigenvalue weighted by Crippen LogP contribution is 2.23. The molecule has 0 saturated carbocycles. The van der Waals surface area contributed by atoms with E-state index in [9.17, 15) is 0 Å². The molecule has 0 radical (unpaired) electrons. The van der Waals surface area contributed by atoms with Crippen molar-refractivity contribution in [1.29, 1.82) is 0 Å². The van der Waals surface area contributed by atoms with Crippen molar-refractivity contribution in [3.63, 3.8) is 0 Å². The first kappa shape index (κ1) is 12.3. The topological polar surface area (TPSA) is 42.7 Å². The molecule has 0 aliphatic carbocycles. The molecule has 0 amide bonds. The fourth-order valence-corrected chi connectivity index (χ4v) is 2.33. The van der Waals surface area contributed by atoms with Crippen LogP contribution in [0.1, 0.15) is 17.3 Å². The molecule has 2 rings (SSSR count). The first-order valence-electron chi connectivity index (χ1n) is 5.46. The average Bonchev–Trinajstić information content (AvgIpc) is 2.73. The third-order valence-electron chi connectivity index (χ3n) is 2.66. The Balaban J connectivity index is 2.20. The lowest BCUT2D eigenvalue weighted by Crippen LogP contribution is -2.20. The van der Waals surface area contributed by atoms with Crippen molar-refractivity contribution >= 4 is 15.9 Å². The molecule has 1 N–H and O–H groups in total. The third-order valence-corrected chi connectivity index (χ3v) is 3.33. The quantitative estimate of drug-likeness (QED) is 0.939. The molecule has 4 nitrogen and oxygen atoms in total. The van der Waals surface area contributed by atoms with Gasteiger partial charge in [-0.3, -0.25) is 9.67 Å². The van der Waals surface area contributed by atoms with Crippen LogP contribution in [0.2, 0.25) is 0 Å². The van der Waals surface area contributed by atoms with Crippen molar-refractivity contribution in [3.05, 3.63) is 46.5 Å². The lowest BCUT2D eigenvalue weighted by atomic mass is 10.1. The van der Waals surface area contributed by atoms with Gasteiger partial charge in [-0.2, -0.15) is 5.10 Å². The first-order valence-corrected chi connectivity index (χ1v) is 6.25. The van der Waals surface area contributed by atoms with E-state index < -0.39 is 0 Å². The minimum absolute atomic E-state index is 0.190. The lowest BCUT2D eigenvalue weighted by molar-refractivity contribution is 0.573. The summed E-state index contributed by atoms with van der Waals surface area (Å²) >= 11 is 3.53. The number of nitrogens with zero attached hydrogens (tertiary/aromatic N) is 3. The molecule has 1 atom stereocenters. The summed E-state index contributed by atoms with van der Waals surface area (Å²) in [6, 6.07) is 4.12. The van der Waals surface area contributed by atoms with Gasteiger partial charge in [-0.1, -0.05) is 0 Å². The normalized spacial score (nSPS) is 12.6. The smallest absolute Gasteiger partial charge is 0.0718 e. The Morgan fingerprint density at radius 3 is 2.94 bits per heavy atom. The number of aryl methyl sites for hydroxylation is 1. The molecule has 0 fully saturated rings. The first-order chi connectivity index (χ1) is 8.20. The molecule has 2 aromatic rings. The SMILES string of the molecule is CNC(Cc1cnn(C)c1)c1ncccc1Br. The van der Waals surface area contributed by atoms with E-state index in [4.69, 9.17) is 0 Å². The van der Waals surface area contributed by atoms with Crippen molar-refractivity contribution < 1.29 is 0 Å². The summed E-state index contributed by atoms with van der Waals surface area (Å²) in [5.41, 5.74) is 2.23. The molecular formula is C12H15BrN4. The highest BCUT2D eigenvalue weighted by Gasteiger charge is 2.15. The van der Waals surface area contributed by atoms with Crippen LogP contribution in [0, 0.1) is 0 Å². The van der Waals surface area contributed by atoms with E-state index in [1.807, 2.05) is 49.5 Å². The maximum atomic E-state index is 4.42. The maximum absolute atomic E-state index is 4.42. The van der Waals surface area contributed by atoms with E-state index in [1.54, 1.807) is 0 Å². The van der Waals surface area contributed by atoms with E-state index >= 15 is 0 Å². The fourth-order valence-electron chi connectivity index (χ4n) is 1.80. The van der Waals surface area contributed by atoms with Crippen LogP contribution in [-0.4, -0.2) is 21.8 Å². The van der Waals surface area contributed by atoms with Gasteiger partial charge in [0, 0.05) is 23.9 Å². The van der Waals surface area contributed by atoms with E-state index in [2.05, 4.69) is 31.3 Å². The minimum Gasteiger partial charge on any atom is -0.311 e. The van der Waals surface area contributed by atoms with Crippen LogP contribution >= 0.6 is 15.9 Å². The lowest BCUT2D eigenvalue weighted by Gasteiger charge is -2.15. The largest absolute Gasteiger partial charge is 0.311 e. The minimum atomic E-state index is 0.190. The van der Waals surface area contributed by atoms with Gasteiger partial charge in [-0.05, 0) is 47.1 Å². The molecule has 0 aliphatic heterocycles. The Labute approximate surface area is 109 Å². The zero-order chi connectivity index (χ0) is 12.3. The van der Waals surface area contributed by atoms with Crippen molar-refractivity contribution in [3.8, 4) is 0 Å². The number of aromatic nitrogens is 3. The summed E-state index contributed by atoms with van der Waals surface area (Å²) in [4.78, 5) is 4.42. The maximum Gasteiger partial charge on any atom is 0.0718 e. The van der Waals surface area contributed by atoms with Gasteiger partial charge in [-0.15, -0.1) is 0 Å². The average molecular weight is 295 g/mol. The molecule has 2 heterocycles. The standard InChI is InChI=1S/C12H15BrN4/c1-14-11(6-9-7-16-17(2)8-9)12-10(13)4-3-5-15-12/h3-5,7-8,11,14H,6H2,1-2H3. The molecule has 5 heteroatoms. The number of hydrogen-bond donors (Lipinski definition) is 1. The highest BCUT2D eigenvalue weighted by molar-refractivity contribution is 9.10. The second-order valence-electron chi connectivity index (χ2n) is 3.94. The van der Waals surface area contributed by atoms with Gasteiger partial charge in [0.25, 0.3) is 0 Å². The molecule has 0 aliphatic rings. The number of rotatable bonds is 4. The second-order valence-corrected chi connectivity index (χ2v) is 4.79. The Hall–Kier alpha value is -1.20. The summed E-state index contributed by atoms with van der Waals surface area (Å²) in [6.45, 7) is 0. The molecule has 0 spiro atoms. The molecular weight excluding hydrogens is 280 g/mol. The predicted octanol–water partition coefficient (Wildman–Crippen LogP) is 2.08. The van der Waals surface area contributed by atoms with Gasteiger partial charge < -0.3 is 5.32 Å². The number of likely N-dealkylation sites (N-methyl/N-ethyl adjacent to an activating group) is 1. The van der Waals surface area contributed by atoms with E-state index in [0.29, 0.717) is 0 Å². The van der Waals surface area contributed by atoms with Crippen LogP contribution in [0.25, 0.3) is 0 Å². The van der Waals surface area contributed by atoms with Crippen LogP contribution < -0.4 is 5.32 Å². The highest BCUT2D eigenvalue weighted by atomic mass is 79.9. The van der Waals surface area contributed by atoms with Gasteiger partial charge >= 0.3 is 0 Å². The van der Waals surface area contributed by atoms with Crippen molar-refractivity contribution in [2.75, 3.05) is 7.05 Å². The Morgan fingerprint density at radius 2 is 2.35 bits per heavy atom. The number of nitrogens with one attached hydrogen (secondary N) is 1. The zero-order valence-electron chi connectivity index (χ0n) is 9.89. The fraction of sp³-hybridized carbons (Fsp3) is 0.333. The predicted molar refractivity (Wildman–Crippen MR) is 70.6 cm³/mol. The van der Waals surface area contributed by atoms with Crippen molar-refractivity contribution in [1.82, 2.24) is 20.1 Å². The summed E-state index contributed by atoms with van der Waals surface area (Å²) in [7, 11) is 3.87. The molecule has 2 aromatic heterocycles. The van der Waals surface area contributed by atoms with Crippen molar-refractivity contribution in [2.24, 2.45) is 7.05 Å². The number of hydrogen-bond acceptors (Lipinski definition) is 3. The molecule has 0 bridgehead atoms. The van der Waals surface area contributed by atoms with E-state index in [-0.39, 0.29) is 6.04 Å². The van der Waals surface area contributed by atoms with E-state index in [0.717, 1.165) is 16.6 Å². The molecule has 0 aromatic carbocycles. The van der Waals surface area contributed by atoms with Gasteiger partial charge in [-0.25, -0.2) is 0 Å². The van der Waals surface area contributed by atoms with Crippen molar-refractivity contribution in [2.45, 2.75) is 12.5 Å². The van der Waals surface area contributed by atoms with Crippen LogP contribution in [0.3, 0.4) is 0 Å². The molecule has 1 unspecified atom stereocenters. The van der Waals surface area contributed by atoms with Crippen LogP contribution in [0.4, 0.5) is 0 Å². The van der Waals surface area contributed by atoms with Crippen LogP contribution in [0.5, 0.6) is 0 Å². The monoisotopic (exact) mass is 294 g/mol. The van der Waals surface area contributed by atoms with Crippen LogP contribution in [0.15, 0.2) is 35.2 Å². The van der Waals surface area contributed by atoms with Gasteiger partial charge in [0.05, 0.1) is 17.9 Å². The Bertz CT molecular complexity index is 495. The number of halogens is 1. The second kappa shape index (κ2) is 5.42. The van der Waals surface area contributed by atoms with E-state index in [1.165, 1.54) is 5.56 Å². The Kier molecular flexibility index (Phi) is 3.91.